The molecule has 0 saturated heterocycles. The first-order valence-electron chi connectivity index (χ1n) is 7.32. The average Bonchev–Trinajstić information content (AvgIpc) is 2.60. The molecule has 0 fully saturated rings. The smallest absolute Gasteiger partial charge is 0.331 e. The third-order valence-corrected chi connectivity index (χ3v) is 3.86. The standard InChI is InChI=1S/C19H17BrO4/c1-13(19(22)15-7-10-16(20)11-8-15)24-18(21)12-9-14-5-3-4-6-17(14)23-2/h3-13H,1-2H3/b12-9+/t13-/m0/s1. The average molecular weight is 389 g/mol. The summed E-state index contributed by atoms with van der Waals surface area (Å²) in [6.45, 7) is 1.55. The topological polar surface area (TPSA) is 52.6 Å². The van der Waals surface area contributed by atoms with Crippen molar-refractivity contribution < 1.29 is 19.1 Å². The summed E-state index contributed by atoms with van der Waals surface area (Å²) in [7, 11) is 1.56. The fraction of sp³-hybridized carbons (Fsp3) is 0.158. The molecule has 0 unspecified atom stereocenters. The van der Waals surface area contributed by atoms with Crippen molar-refractivity contribution >= 4 is 33.8 Å². The molecule has 2 aromatic carbocycles. The van der Waals surface area contributed by atoms with Crippen LogP contribution < -0.4 is 4.74 Å². The molecule has 0 N–H and O–H groups in total. The molecule has 124 valence electrons. The molecule has 0 aliphatic carbocycles. The summed E-state index contributed by atoms with van der Waals surface area (Å²) in [6.07, 6.45) is 2.02. The fourth-order valence-corrected chi connectivity index (χ4v) is 2.34. The molecular formula is C19H17BrO4. The number of methoxy groups -OCH3 is 1. The molecule has 0 aliphatic rings. The van der Waals surface area contributed by atoms with Crippen LogP contribution in [0, 0.1) is 0 Å². The number of halogens is 1. The molecule has 0 amide bonds. The Hall–Kier alpha value is -2.40. The largest absolute Gasteiger partial charge is 0.496 e. The highest BCUT2D eigenvalue weighted by molar-refractivity contribution is 9.10. The van der Waals surface area contributed by atoms with Crippen LogP contribution in [0.3, 0.4) is 0 Å². The first kappa shape index (κ1) is 17.9. The highest BCUT2D eigenvalue weighted by atomic mass is 79.9. The van der Waals surface area contributed by atoms with Crippen LogP contribution in [0.15, 0.2) is 59.1 Å². The molecule has 0 bridgehead atoms. The molecule has 4 nitrogen and oxygen atoms in total. The summed E-state index contributed by atoms with van der Waals surface area (Å²) in [6, 6.07) is 14.2. The monoisotopic (exact) mass is 388 g/mol. The maximum absolute atomic E-state index is 12.2. The number of hydrogen-bond donors (Lipinski definition) is 0. The first-order valence-corrected chi connectivity index (χ1v) is 8.12. The van der Waals surface area contributed by atoms with Gasteiger partial charge in [-0.1, -0.05) is 46.3 Å². The lowest BCUT2D eigenvalue weighted by Crippen LogP contribution is -2.23. The van der Waals surface area contributed by atoms with E-state index in [1.165, 1.54) is 6.08 Å². The molecule has 0 spiro atoms. The molecular weight excluding hydrogens is 372 g/mol. The first-order chi connectivity index (χ1) is 11.5. The van der Waals surface area contributed by atoms with Gasteiger partial charge in [0.25, 0.3) is 0 Å². The highest BCUT2D eigenvalue weighted by Crippen LogP contribution is 2.19. The van der Waals surface area contributed by atoms with Gasteiger partial charge < -0.3 is 9.47 Å². The Kier molecular flexibility index (Phi) is 6.32. The van der Waals surface area contributed by atoms with Crippen molar-refractivity contribution in [2.75, 3.05) is 7.11 Å². The van der Waals surface area contributed by atoms with Crippen molar-refractivity contribution in [2.45, 2.75) is 13.0 Å². The van der Waals surface area contributed by atoms with Crippen molar-refractivity contribution in [1.29, 1.82) is 0 Å². The number of hydrogen-bond acceptors (Lipinski definition) is 4. The predicted octanol–water partition coefficient (Wildman–Crippen LogP) is 4.29. The van der Waals surface area contributed by atoms with Crippen LogP contribution in [0.5, 0.6) is 5.75 Å². The second kappa shape index (κ2) is 8.45. The molecule has 0 aliphatic heterocycles. The molecule has 0 aromatic heterocycles. The van der Waals surface area contributed by atoms with E-state index in [0.29, 0.717) is 11.3 Å². The normalized spacial score (nSPS) is 12.0. The molecule has 5 heteroatoms. The molecule has 2 aromatic rings. The Morgan fingerprint density at radius 3 is 2.42 bits per heavy atom. The molecule has 24 heavy (non-hydrogen) atoms. The zero-order chi connectivity index (χ0) is 17.5. The second-order valence-corrected chi connectivity index (χ2v) is 5.94. The lowest BCUT2D eigenvalue weighted by atomic mass is 10.1. The lowest BCUT2D eigenvalue weighted by Gasteiger charge is -2.11. The molecule has 0 saturated carbocycles. The van der Waals surface area contributed by atoms with Gasteiger partial charge in [-0.25, -0.2) is 4.79 Å². The molecule has 2 rings (SSSR count). The summed E-state index contributed by atoms with van der Waals surface area (Å²) < 4.78 is 11.2. The van der Waals surface area contributed by atoms with Crippen LogP contribution in [0.2, 0.25) is 0 Å². The van der Waals surface area contributed by atoms with E-state index in [0.717, 1.165) is 10.0 Å². The summed E-state index contributed by atoms with van der Waals surface area (Å²) >= 11 is 3.31. The van der Waals surface area contributed by atoms with E-state index in [4.69, 9.17) is 9.47 Å². The lowest BCUT2D eigenvalue weighted by molar-refractivity contribution is -0.140. The Bertz CT molecular complexity index is 750. The summed E-state index contributed by atoms with van der Waals surface area (Å²) in [5.41, 5.74) is 1.25. The molecule has 0 radical (unpaired) electrons. The molecule has 0 heterocycles. The van der Waals surface area contributed by atoms with Gasteiger partial charge in [0, 0.05) is 21.7 Å². The number of ketones is 1. The zero-order valence-electron chi connectivity index (χ0n) is 13.4. The predicted molar refractivity (Wildman–Crippen MR) is 96.1 cm³/mol. The van der Waals surface area contributed by atoms with Crippen molar-refractivity contribution in [2.24, 2.45) is 0 Å². The van der Waals surface area contributed by atoms with Gasteiger partial charge in [-0.05, 0) is 31.2 Å². The number of carbonyl (C=O) groups is 2. The Balaban J connectivity index is 1.99. The molecule has 1 atom stereocenters. The summed E-state index contributed by atoms with van der Waals surface area (Å²) in [4.78, 5) is 24.1. The van der Waals surface area contributed by atoms with Gasteiger partial charge in [-0.15, -0.1) is 0 Å². The highest BCUT2D eigenvalue weighted by Gasteiger charge is 2.18. The number of ether oxygens (including phenoxy) is 2. The summed E-state index contributed by atoms with van der Waals surface area (Å²) in [5, 5.41) is 0. The number of Topliss-reactive ketones (excluding diaryl/α,β-unsaturated/α-hetero) is 1. The van der Waals surface area contributed by atoms with Crippen LogP contribution in [0.1, 0.15) is 22.8 Å². The van der Waals surface area contributed by atoms with Crippen molar-refractivity contribution in [3.63, 3.8) is 0 Å². The van der Waals surface area contributed by atoms with E-state index >= 15 is 0 Å². The Morgan fingerprint density at radius 2 is 1.75 bits per heavy atom. The Morgan fingerprint density at radius 1 is 1.08 bits per heavy atom. The Labute approximate surface area is 149 Å². The number of carbonyl (C=O) groups excluding carboxylic acids is 2. The third-order valence-electron chi connectivity index (χ3n) is 3.33. The van der Waals surface area contributed by atoms with E-state index in [1.807, 2.05) is 18.2 Å². The van der Waals surface area contributed by atoms with E-state index in [2.05, 4.69) is 15.9 Å². The van der Waals surface area contributed by atoms with Gasteiger partial charge >= 0.3 is 5.97 Å². The van der Waals surface area contributed by atoms with Crippen LogP contribution in [0.25, 0.3) is 6.08 Å². The minimum Gasteiger partial charge on any atom is -0.496 e. The third kappa shape index (κ3) is 4.80. The minimum absolute atomic E-state index is 0.249. The van der Waals surface area contributed by atoms with Gasteiger partial charge in [-0.2, -0.15) is 0 Å². The maximum atomic E-state index is 12.2. The quantitative estimate of drug-likeness (QED) is 0.420. The van der Waals surface area contributed by atoms with E-state index < -0.39 is 12.1 Å². The van der Waals surface area contributed by atoms with Gasteiger partial charge in [0.1, 0.15) is 5.75 Å². The number of esters is 1. The van der Waals surface area contributed by atoms with Gasteiger partial charge in [0.05, 0.1) is 7.11 Å². The van der Waals surface area contributed by atoms with Gasteiger partial charge in [0.15, 0.2) is 6.10 Å². The van der Waals surface area contributed by atoms with E-state index in [9.17, 15) is 9.59 Å². The van der Waals surface area contributed by atoms with Crippen LogP contribution in [-0.4, -0.2) is 25.0 Å². The van der Waals surface area contributed by atoms with Crippen molar-refractivity contribution in [3.05, 3.63) is 70.2 Å². The SMILES string of the molecule is COc1ccccc1/C=C/C(=O)O[C@@H](C)C(=O)c1ccc(Br)cc1. The van der Waals surface area contributed by atoms with Crippen LogP contribution in [-0.2, 0) is 9.53 Å². The van der Waals surface area contributed by atoms with Crippen molar-refractivity contribution in [3.8, 4) is 5.75 Å². The number of rotatable bonds is 6. The summed E-state index contributed by atoms with van der Waals surface area (Å²) in [5.74, 6) is -0.180. The van der Waals surface area contributed by atoms with Crippen molar-refractivity contribution in [1.82, 2.24) is 0 Å². The number of para-hydroxylation sites is 1. The van der Waals surface area contributed by atoms with E-state index in [-0.39, 0.29) is 5.78 Å². The van der Waals surface area contributed by atoms with Gasteiger partial charge in [-0.3, -0.25) is 4.79 Å². The second-order valence-electron chi connectivity index (χ2n) is 5.03. The van der Waals surface area contributed by atoms with E-state index in [1.54, 1.807) is 50.4 Å². The van der Waals surface area contributed by atoms with Gasteiger partial charge in [0.2, 0.25) is 5.78 Å². The maximum Gasteiger partial charge on any atom is 0.331 e. The zero-order valence-corrected chi connectivity index (χ0v) is 14.9. The van der Waals surface area contributed by atoms with Crippen LogP contribution in [0.4, 0.5) is 0 Å². The number of benzene rings is 2. The fourth-order valence-electron chi connectivity index (χ4n) is 2.08. The van der Waals surface area contributed by atoms with Crippen LogP contribution >= 0.6 is 15.9 Å². The minimum atomic E-state index is -0.860.